The van der Waals surface area contributed by atoms with E-state index in [0.29, 0.717) is 10.2 Å². The van der Waals surface area contributed by atoms with Gasteiger partial charge in [0.05, 0.1) is 0 Å². The molecule has 5 heteroatoms. The number of aromatic nitrogens is 3. The lowest BCUT2D eigenvalue weighted by molar-refractivity contribution is 1.05. The molecule has 14 heavy (non-hydrogen) atoms. The fourth-order valence-corrected chi connectivity index (χ4v) is 1.85. The van der Waals surface area contributed by atoms with E-state index in [1.807, 2.05) is 12.1 Å². The standard InChI is InChI=1S/C9H6ClN3S/c10-8-9(13-6-5-12-8)14-7-1-3-11-4-2-7/h1-6H. The summed E-state index contributed by atoms with van der Waals surface area (Å²) in [4.78, 5) is 13.0. The molecule has 0 amide bonds. The zero-order chi connectivity index (χ0) is 9.80. The van der Waals surface area contributed by atoms with Crippen LogP contribution in [0.5, 0.6) is 0 Å². The number of hydrogen-bond donors (Lipinski definition) is 0. The van der Waals surface area contributed by atoms with Crippen molar-refractivity contribution < 1.29 is 0 Å². The summed E-state index contributed by atoms with van der Waals surface area (Å²) in [5.74, 6) is 0. The van der Waals surface area contributed by atoms with E-state index in [4.69, 9.17) is 11.6 Å². The van der Waals surface area contributed by atoms with Crippen LogP contribution in [0.4, 0.5) is 0 Å². The van der Waals surface area contributed by atoms with E-state index in [-0.39, 0.29) is 0 Å². The average molecular weight is 224 g/mol. The fourth-order valence-electron chi connectivity index (χ4n) is 0.895. The molecule has 0 aliphatic heterocycles. The van der Waals surface area contributed by atoms with Crippen LogP contribution < -0.4 is 0 Å². The van der Waals surface area contributed by atoms with Gasteiger partial charge in [-0.1, -0.05) is 23.4 Å². The molecule has 0 fully saturated rings. The minimum absolute atomic E-state index is 0.425. The van der Waals surface area contributed by atoms with Crippen molar-refractivity contribution in [2.75, 3.05) is 0 Å². The second-order valence-electron chi connectivity index (χ2n) is 2.44. The van der Waals surface area contributed by atoms with Crippen LogP contribution in [0.2, 0.25) is 5.15 Å². The van der Waals surface area contributed by atoms with Gasteiger partial charge in [-0.15, -0.1) is 0 Å². The summed E-state index contributed by atoms with van der Waals surface area (Å²) in [6.45, 7) is 0. The van der Waals surface area contributed by atoms with Crippen molar-refractivity contribution in [1.29, 1.82) is 0 Å². The first kappa shape index (κ1) is 9.43. The Hall–Kier alpha value is -1.13. The minimum Gasteiger partial charge on any atom is -0.265 e. The molecule has 2 rings (SSSR count). The van der Waals surface area contributed by atoms with Crippen LogP contribution in [0.3, 0.4) is 0 Å². The molecular weight excluding hydrogens is 218 g/mol. The second kappa shape index (κ2) is 4.39. The number of hydrogen-bond acceptors (Lipinski definition) is 4. The molecule has 0 aliphatic carbocycles. The lowest BCUT2D eigenvalue weighted by Gasteiger charge is -2.00. The van der Waals surface area contributed by atoms with Gasteiger partial charge >= 0.3 is 0 Å². The molecule has 0 aliphatic rings. The molecule has 0 unspecified atom stereocenters. The highest BCUT2D eigenvalue weighted by Crippen LogP contribution is 2.28. The summed E-state index contributed by atoms with van der Waals surface area (Å²) in [5.41, 5.74) is 0. The molecule has 0 saturated heterocycles. The monoisotopic (exact) mass is 223 g/mol. The normalized spacial score (nSPS) is 10.1. The molecule has 0 radical (unpaired) electrons. The van der Waals surface area contributed by atoms with Crippen molar-refractivity contribution in [2.24, 2.45) is 0 Å². The molecule has 0 saturated carbocycles. The third-order valence-corrected chi connectivity index (χ3v) is 2.88. The Morgan fingerprint density at radius 1 is 1.00 bits per heavy atom. The smallest absolute Gasteiger partial charge is 0.161 e. The van der Waals surface area contributed by atoms with Crippen molar-refractivity contribution in [2.45, 2.75) is 9.92 Å². The molecular formula is C9H6ClN3S. The molecule has 0 bridgehead atoms. The van der Waals surface area contributed by atoms with Gasteiger partial charge in [-0.3, -0.25) is 4.98 Å². The Morgan fingerprint density at radius 3 is 2.43 bits per heavy atom. The lowest BCUT2D eigenvalue weighted by Crippen LogP contribution is -1.84. The average Bonchev–Trinajstić information content (AvgIpc) is 2.23. The molecule has 2 aromatic heterocycles. The molecule has 2 heterocycles. The summed E-state index contributed by atoms with van der Waals surface area (Å²) < 4.78 is 0. The van der Waals surface area contributed by atoms with Crippen LogP contribution in [-0.4, -0.2) is 15.0 Å². The maximum Gasteiger partial charge on any atom is 0.161 e. The third kappa shape index (κ3) is 2.21. The minimum atomic E-state index is 0.425. The van der Waals surface area contributed by atoms with Crippen molar-refractivity contribution in [3.63, 3.8) is 0 Å². The Bertz CT molecular complexity index is 421. The first-order chi connectivity index (χ1) is 6.86. The zero-order valence-corrected chi connectivity index (χ0v) is 8.66. The number of rotatable bonds is 2. The number of halogens is 1. The molecule has 0 N–H and O–H groups in total. The Kier molecular flexibility index (Phi) is 2.96. The highest BCUT2D eigenvalue weighted by Gasteiger charge is 2.03. The van der Waals surface area contributed by atoms with Gasteiger partial charge in [0.25, 0.3) is 0 Å². The van der Waals surface area contributed by atoms with Crippen LogP contribution in [0.15, 0.2) is 46.8 Å². The van der Waals surface area contributed by atoms with E-state index < -0.39 is 0 Å². The van der Waals surface area contributed by atoms with Crippen molar-refractivity contribution in [1.82, 2.24) is 15.0 Å². The first-order valence-electron chi connectivity index (χ1n) is 3.90. The molecule has 3 nitrogen and oxygen atoms in total. The highest BCUT2D eigenvalue weighted by atomic mass is 35.5. The van der Waals surface area contributed by atoms with Crippen LogP contribution >= 0.6 is 23.4 Å². The number of pyridine rings is 1. The van der Waals surface area contributed by atoms with Gasteiger partial charge in [-0.25, -0.2) is 9.97 Å². The van der Waals surface area contributed by atoms with Gasteiger partial charge < -0.3 is 0 Å². The molecule has 0 spiro atoms. The molecule has 0 atom stereocenters. The van der Waals surface area contributed by atoms with Crippen LogP contribution in [0.1, 0.15) is 0 Å². The van der Waals surface area contributed by atoms with Crippen LogP contribution in [0.25, 0.3) is 0 Å². The third-order valence-electron chi connectivity index (χ3n) is 1.49. The van der Waals surface area contributed by atoms with Gasteiger partial charge in [0.15, 0.2) is 5.15 Å². The largest absolute Gasteiger partial charge is 0.265 e. The molecule has 0 aromatic carbocycles. The number of nitrogens with zero attached hydrogens (tertiary/aromatic N) is 3. The Morgan fingerprint density at radius 2 is 1.71 bits per heavy atom. The summed E-state index contributed by atoms with van der Waals surface area (Å²) in [5, 5.41) is 1.13. The fraction of sp³-hybridized carbons (Fsp3) is 0. The summed E-state index contributed by atoms with van der Waals surface area (Å²) >= 11 is 7.33. The highest BCUT2D eigenvalue weighted by molar-refractivity contribution is 7.99. The van der Waals surface area contributed by atoms with Crippen molar-refractivity contribution >= 4 is 23.4 Å². The predicted octanol–water partition coefficient (Wildman–Crippen LogP) is 2.68. The topological polar surface area (TPSA) is 38.7 Å². The molecule has 2 aromatic rings. The Labute approximate surface area is 90.6 Å². The van der Waals surface area contributed by atoms with Crippen molar-refractivity contribution in [3.8, 4) is 0 Å². The van der Waals surface area contributed by atoms with Crippen LogP contribution in [0, 0.1) is 0 Å². The second-order valence-corrected chi connectivity index (χ2v) is 3.86. The lowest BCUT2D eigenvalue weighted by atomic mass is 10.5. The van der Waals surface area contributed by atoms with E-state index in [2.05, 4.69) is 15.0 Å². The first-order valence-corrected chi connectivity index (χ1v) is 5.10. The molecule has 70 valence electrons. The van der Waals surface area contributed by atoms with Gasteiger partial charge in [0.2, 0.25) is 0 Å². The summed E-state index contributed by atoms with van der Waals surface area (Å²) in [6.07, 6.45) is 6.65. The Balaban J connectivity index is 2.24. The predicted molar refractivity (Wildman–Crippen MR) is 55.4 cm³/mol. The van der Waals surface area contributed by atoms with E-state index in [1.165, 1.54) is 11.8 Å². The maximum absolute atomic E-state index is 5.86. The quantitative estimate of drug-likeness (QED) is 0.785. The van der Waals surface area contributed by atoms with Crippen LogP contribution in [-0.2, 0) is 0 Å². The van der Waals surface area contributed by atoms with Gasteiger partial charge in [-0.2, -0.15) is 0 Å². The maximum atomic E-state index is 5.86. The van der Waals surface area contributed by atoms with Gasteiger partial charge in [0, 0.05) is 29.7 Å². The van der Waals surface area contributed by atoms with Gasteiger partial charge in [-0.05, 0) is 12.1 Å². The zero-order valence-electron chi connectivity index (χ0n) is 7.09. The van der Waals surface area contributed by atoms with E-state index >= 15 is 0 Å². The SMILES string of the molecule is Clc1nccnc1Sc1ccncc1. The summed E-state index contributed by atoms with van der Waals surface area (Å²) in [7, 11) is 0. The summed E-state index contributed by atoms with van der Waals surface area (Å²) in [6, 6.07) is 3.80. The van der Waals surface area contributed by atoms with E-state index in [0.717, 1.165) is 4.90 Å². The van der Waals surface area contributed by atoms with E-state index in [1.54, 1.807) is 24.8 Å². The van der Waals surface area contributed by atoms with E-state index in [9.17, 15) is 0 Å². The van der Waals surface area contributed by atoms with Gasteiger partial charge in [0.1, 0.15) is 5.03 Å². The van der Waals surface area contributed by atoms with Crippen molar-refractivity contribution in [3.05, 3.63) is 42.1 Å².